The van der Waals surface area contributed by atoms with E-state index in [2.05, 4.69) is 21.2 Å². The van der Waals surface area contributed by atoms with Gasteiger partial charge in [0, 0.05) is 22.2 Å². The van der Waals surface area contributed by atoms with E-state index in [9.17, 15) is 4.79 Å². The summed E-state index contributed by atoms with van der Waals surface area (Å²) in [4.78, 5) is 11.9. The Balaban J connectivity index is 2.29. The monoisotopic (exact) mass is 372 g/mol. The summed E-state index contributed by atoms with van der Waals surface area (Å²) >= 11 is 3.52. The lowest BCUT2D eigenvalue weighted by Gasteiger charge is -2.06. The lowest BCUT2D eigenvalue weighted by Crippen LogP contribution is -2.30. The number of carbonyl (C=O) groups excluding carboxylic acids is 1. The normalized spacial score (nSPS) is 11.4. The Morgan fingerprint density at radius 2 is 2.09 bits per heavy atom. The van der Waals surface area contributed by atoms with E-state index in [0.29, 0.717) is 11.5 Å². The summed E-state index contributed by atoms with van der Waals surface area (Å²) in [5.41, 5.74) is 2.08. The summed E-state index contributed by atoms with van der Waals surface area (Å²) in [5.74, 6) is 0.726. The first kappa shape index (κ1) is 17.0. The van der Waals surface area contributed by atoms with E-state index in [1.807, 2.05) is 51.1 Å². The third-order valence-electron chi connectivity index (χ3n) is 3.09. The molecule has 0 saturated carbocycles. The first-order valence-electron chi connectivity index (χ1n) is 7.19. The fourth-order valence-electron chi connectivity index (χ4n) is 2.03. The minimum absolute atomic E-state index is 0.0163. The van der Waals surface area contributed by atoms with Gasteiger partial charge in [0.25, 0.3) is 5.91 Å². The number of furan rings is 1. The van der Waals surface area contributed by atoms with E-state index in [-0.39, 0.29) is 11.6 Å². The molecule has 0 fully saturated rings. The molecule has 0 spiro atoms. The van der Waals surface area contributed by atoms with Gasteiger partial charge in [0.15, 0.2) is 0 Å². The molecule has 118 valence electrons. The zero-order chi connectivity index (χ0) is 17.0. The molecule has 1 aromatic heterocycles. The maximum atomic E-state index is 11.9. The van der Waals surface area contributed by atoms with Gasteiger partial charge in [-0.25, -0.2) is 0 Å². The van der Waals surface area contributed by atoms with Gasteiger partial charge < -0.3 is 9.73 Å². The summed E-state index contributed by atoms with van der Waals surface area (Å²) in [7, 11) is 0. The van der Waals surface area contributed by atoms with Crippen molar-refractivity contribution in [1.29, 1.82) is 5.26 Å². The predicted molar refractivity (Wildman–Crippen MR) is 93.4 cm³/mol. The van der Waals surface area contributed by atoms with Crippen molar-refractivity contribution in [3.8, 4) is 17.4 Å². The summed E-state index contributed by atoms with van der Waals surface area (Å²) in [6, 6.07) is 11.4. The van der Waals surface area contributed by atoms with Gasteiger partial charge in [0.1, 0.15) is 23.2 Å². The largest absolute Gasteiger partial charge is 0.457 e. The maximum absolute atomic E-state index is 11.9. The van der Waals surface area contributed by atoms with E-state index < -0.39 is 5.91 Å². The van der Waals surface area contributed by atoms with Crippen molar-refractivity contribution in [1.82, 2.24) is 5.32 Å². The number of carbonyl (C=O) groups is 1. The van der Waals surface area contributed by atoms with Crippen LogP contribution in [0.15, 0.2) is 44.8 Å². The van der Waals surface area contributed by atoms with Crippen molar-refractivity contribution < 1.29 is 9.21 Å². The number of nitrogens with one attached hydrogen (secondary N) is 1. The van der Waals surface area contributed by atoms with Gasteiger partial charge in [-0.15, -0.1) is 0 Å². The third kappa shape index (κ3) is 4.33. The van der Waals surface area contributed by atoms with Crippen LogP contribution in [0.5, 0.6) is 0 Å². The SMILES string of the molecule is Cc1ccc(-c2ccc(C=C(C#N)C(=O)NC(C)C)o2)c(Br)c1. The van der Waals surface area contributed by atoms with E-state index in [0.717, 1.165) is 15.6 Å². The van der Waals surface area contributed by atoms with Gasteiger partial charge in [0.2, 0.25) is 0 Å². The molecule has 1 aromatic carbocycles. The second-order valence-corrected chi connectivity index (χ2v) is 6.34. The third-order valence-corrected chi connectivity index (χ3v) is 3.74. The number of hydrogen-bond donors (Lipinski definition) is 1. The molecule has 0 radical (unpaired) electrons. The molecule has 1 amide bonds. The molecular formula is C18H17BrN2O2. The van der Waals surface area contributed by atoms with E-state index in [1.165, 1.54) is 6.08 Å². The van der Waals surface area contributed by atoms with Gasteiger partial charge in [-0.3, -0.25) is 4.79 Å². The maximum Gasteiger partial charge on any atom is 0.262 e. The van der Waals surface area contributed by atoms with Crippen LogP contribution in [0.25, 0.3) is 17.4 Å². The Morgan fingerprint density at radius 1 is 1.35 bits per heavy atom. The van der Waals surface area contributed by atoms with Crippen molar-refractivity contribution in [2.24, 2.45) is 0 Å². The molecule has 0 unspecified atom stereocenters. The highest BCUT2D eigenvalue weighted by Gasteiger charge is 2.12. The van der Waals surface area contributed by atoms with Crippen LogP contribution in [-0.4, -0.2) is 11.9 Å². The van der Waals surface area contributed by atoms with Crippen LogP contribution in [-0.2, 0) is 4.79 Å². The molecule has 0 saturated heterocycles. The molecule has 5 heteroatoms. The van der Waals surface area contributed by atoms with Crippen LogP contribution in [0.4, 0.5) is 0 Å². The number of halogens is 1. The lowest BCUT2D eigenvalue weighted by molar-refractivity contribution is -0.117. The average Bonchev–Trinajstić information content (AvgIpc) is 2.92. The molecule has 0 aliphatic rings. The topological polar surface area (TPSA) is 66.0 Å². The second-order valence-electron chi connectivity index (χ2n) is 5.48. The summed E-state index contributed by atoms with van der Waals surface area (Å²) in [6.45, 7) is 5.69. The van der Waals surface area contributed by atoms with E-state index in [4.69, 9.17) is 9.68 Å². The molecule has 0 bridgehead atoms. The van der Waals surface area contributed by atoms with Crippen LogP contribution in [0.1, 0.15) is 25.2 Å². The zero-order valence-corrected chi connectivity index (χ0v) is 14.8. The summed E-state index contributed by atoms with van der Waals surface area (Å²) < 4.78 is 6.67. The zero-order valence-electron chi connectivity index (χ0n) is 13.2. The molecule has 0 aliphatic carbocycles. The van der Waals surface area contributed by atoms with Crippen molar-refractivity contribution in [2.45, 2.75) is 26.8 Å². The van der Waals surface area contributed by atoms with Crippen LogP contribution < -0.4 is 5.32 Å². The number of aryl methyl sites for hydroxylation is 1. The quantitative estimate of drug-likeness (QED) is 0.636. The van der Waals surface area contributed by atoms with Crippen molar-refractivity contribution in [2.75, 3.05) is 0 Å². The van der Waals surface area contributed by atoms with E-state index in [1.54, 1.807) is 6.07 Å². The number of nitriles is 1. The fourth-order valence-corrected chi connectivity index (χ4v) is 2.71. The molecule has 1 N–H and O–H groups in total. The van der Waals surface area contributed by atoms with Crippen molar-refractivity contribution >= 4 is 27.9 Å². The van der Waals surface area contributed by atoms with Gasteiger partial charge in [-0.1, -0.05) is 22.0 Å². The highest BCUT2D eigenvalue weighted by Crippen LogP contribution is 2.30. The van der Waals surface area contributed by atoms with E-state index >= 15 is 0 Å². The first-order valence-corrected chi connectivity index (χ1v) is 7.99. The highest BCUT2D eigenvalue weighted by atomic mass is 79.9. The molecule has 0 atom stereocenters. The number of amides is 1. The Morgan fingerprint density at radius 3 is 2.70 bits per heavy atom. The molecular weight excluding hydrogens is 356 g/mol. The van der Waals surface area contributed by atoms with Gasteiger partial charge in [-0.2, -0.15) is 5.26 Å². The van der Waals surface area contributed by atoms with Crippen LogP contribution in [0.2, 0.25) is 0 Å². The molecule has 0 aliphatic heterocycles. The number of hydrogen-bond acceptors (Lipinski definition) is 3. The average molecular weight is 373 g/mol. The summed E-state index contributed by atoms with van der Waals surface area (Å²) in [5, 5.41) is 11.8. The fraction of sp³-hybridized carbons (Fsp3) is 0.222. The highest BCUT2D eigenvalue weighted by molar-refractivity contribution is 9.10. The second kappa shape index (κ2) is 7.30. The van der Waals surface area contributed by atoms with Crippen molar-refractivity contribution in [3.05, 3.63) is 51.7 Å². The molecule has 1 heterocycles. The smallest absolute Gasteiger partial charge is 0.262 e. The Hall–Kier alpha value is -2.32. The van der Waals surface area contributed by atoms with Gasteiger partial charge in [-0.05, 0) is 50.6 Å². The van der Waals surface area contributed by atoms with Crippen LogP contribution in [0.3, 0.4) is 0 Å². The number of nitrogens with zero attached hydrogens (tertiary/aromatic N) is 1. The van der Waals surface area contributed by atoms with Crippen molar-refractivity contribution in [3.63, 3.8) is 0 Å². The van der Waals surface area contributed by atoms with Crippen LogP contribution >= 0.6 is 15.9 Å². The Labute approximate surface area is 143 Å². The predicted octanol–water partition coefficient (Wildman–Crippen LogP) is 4.45. The Kier molecular flexibility index (Phi) is 5.41. The minimum Gasteiger partial charge on any atom is -0.457 e. The summed E-state index contributed by atoms with van der Waals surface area (Å²) in [6.07, 6.45) is 1.45. The number of benzene rings is 1. The lowest BCUT2D eigenvalue weighted by atomic mass is 10.1. The molecule has 23 heavy (non-hydrogen) atoms. The minimum atomic E-state index is -0.406. The van der Waals surface area contributed by atoms with Gasteiger partial charge >= 0.3 is 0 Å². The molecule has 2 aromatic rings. The molecule has 4 nitrogen and oxygen atoms in total. The number of rotatable bonds is 4. The first-order chi connectivity index (χ1) is 10.9. The van der Waals surface area contributed by atoms with Gasteiger partial charge in [0.05, 0.1) is 0 Å². The Bertz CT molecular complexity index is 798. The standard InChI is InChI=1S/C18H17BrN2O2/c1-11(2)21-18(22)13(10-20)9-14-5-7-17(23-14)15-6-4-12(3)8-16(15)19/h4-9,11H,1-3H3,(H,21,22). The van der Waals surface area contributed by atoms with Crippen LogP contribution in [0, 0.1) is 18.3 Å². The molecule has 2 rings (SSSR count).